The lowest BCUT2D eigenvalue weighted by atomic mass is 9.45. The van der Waals surface area contributed by atoms with Crippen LogP contribution in [0.4, 0.5) is 0 Å². The summed E-state index contributed by atoms with van der Waals surface area (Å²) in [7, 11) is 8.46. The molecule has 14 atom stereocenters. The van der Waals surface area contributed by atoms with Crippen molar-refractivity contribution >= 4 is 11.8 Å². The lowest BCUT2D eigenvalue weighted by molar-refractivity contribution is -0.195. The van der Waals surface area contributed by atoms with Gasteiger partial charge in [-0.3, -0.25) is 14.4 Å². The molecule has 0 aromatic rings. The number of ether oxygens (including phenoxy) is 1. The summed E-state index contributed by atoms with van der Waals surface area (Å²) in [5.41, 5.74) is 0.315. The van der Waals surface area contributed by atoms with Crippen LogP contribution < -0.4 is 10.6 Å². The van der Waals surface area contributed by atoms with Crippen molar-refractivity contribution in [1.29, 1.82) is 0 Å². The van der Waals surface area contributed by atoms with E-state index in [2.05, 4.69) is 69.4 Å². The van der Waals surface area contributed by atoms with E-state index in [0.29, 0.717) is 48.3 Å². The number of fused-ring (bicyclic) bond motifs is 2. The van der Waals surface area contributed by atoms with E-state index < -0.39 is 24.2 Å². The molecule has 11 heteroatoms. The number of likely N-dealkylation sites (N-methyl/N-ethyl adjacent to an activating group) is 1. The van der Waals surface area contributed by atoms with Gasteiger partial charge >= 0.3 is 0 Å². The number of hydroxylamine groups is 2. The summed E-state index contributed by atoms with van der Waals surface area (Å²) in [5, 5.41) is 30.3. The van der Waals surface area contributed by atoms with Crippen molar-refractivity contribution in [2.24, 2.45) is 58.7 Å². The predicted octanol–water partition coefficient (Wildman–Crippen LogP) is 4.94. The van der Waals surface area contributed by atoms with Crippen LogP contribution in [0.3, 0.4) is 0 Å². The Bertz CT molecular complexity index is 1280. The summed E-state index contributed by atoms with van der Waals surface area (Å²) in [6.45, 7) is 11.2. The van der Waals surface area contributed by atoms with Crippen LogP contribution in [0.25, 0.3) is 0 Å². The molecule has 56 heavy (non-hydrogen) atoms. The summed E-state index contributed by atoms with van der Waals surface area (Å²) >= 11 is 0. The molecular formula is C45H81N5O6. The van der Waals surface area contributed by atoms with Gasteiger partial charge in [0.25, 0.3) is 0 Å². The molecule has 6 aliphatic carbocycles. The lowest BCUT2D eigenvalue weighted by Crippen LogP contribution is -2.62. The molecule has 2 bridgehead atoms. The number of nitrogens with one attached hydrogen (secondary N) is 2. The normalized spacial score (nSPS) is 39.7. The summed E-state index contributed by atoms with van der Waals surface area (Å²) in [5.74, 6) is 2.63. The van der Waals surface area contributed by atoms with Gasteiger partial charge in [0.1, 0.15) is 12.1 Å². The molecule has 2 amide bonds. The van der Waals surface area contributed by atoms with Crippen molar-refractivity contribution in [1.82, 2.24) is 25.5 Å². The number of hydrogen-bond acceptors (Lipinski definition) is 9. The maximum absolute atomic E-state index is 14.5. The van der Waals surface area contributed by atoms with Crippen molar-refractivity contribution < 1.29 is 29.4 Å². The fraction of sp³-hybridized carbons (Fsp3) is 0.956. The van der Waals surface area contributed by atoms with Crippen LogP contribution in [-0.2, 0) is 19.2 Å². The minimum Gasteiger partial charge on any atom is -0.394 e. The SMILES string of the molecule is C[C@@H]1[C@@H](NC(=O)[C@@H]2[C@H]([C@H](C)O)[C@H](CO)ON2CC2CCCC(C3CC(C(=O)NCCC4CCCCC4)CC(N(C)C)C3)C2OCCN(C)C)CC2C[C@@H]1C2(C)C. The molecule has 7 unspecified atom stereocenters. The number of carbonyl (C=O) groups excluding carboxylic acids is 2. The molecule has 0 spiro atoms. The van der Waals surface area contributed by atoms with Gasteiger partial charge in [-0.05, 0) is 127 Å². The van der Waals surface area contributed by atoms with E-state index in [1.807, 2.05) is 5.06 Å². The van der Waals surface area contributed by atoms with Crippen LogP contribution in [0.1, 0.15) is 118 Å². The Balaban J connectivity index is 1.18. The quantitative estimate of drug-likeness (QED) is 0.172. The Kier molecular flexibility index (Phi) is 15.3. The summed E-state index contributed by atoms with van der Waals surface area (Å²) < 4.78 is 6.96. The highest BCUT2D eigenvalue weighted by Gasteiger charge is 2.58. The van der Waals surface area contributed by atoms with Gasteiger partial charge in [0.2, 0.25) is 11.8 Å². The van der Waals surface area contributed by atoms with Gasteiger partial charge in [0.05, 0.1) is 25.4 Å². The van der Waals surface area contributed by atoms with E-state index in [0.717, 1.165) is 70.4 Å². The van der Waals surface area contributed by atoms with Crippen molar-refractivity contribution in [2.75, 3.05) is 61.0 Å². The van der Waals surface area contributed by atoms with E-state index in [4.69, 9.17) is 9.57 Å². The molecule has 7 rings (SSSR count). The van der Waals surface area contributed by atoms with Crippen LogP contribution in [0.5, 0.6) is 0 Å². The van der Waals surface area contributed by atoms with Crippen LogP contribution in [0.2, 0.25) is 0 Å². The van der Waals surface area contributed by atoms with Crippen LogP contribution in [-0.4, -0.2) is 134 Å². The lowest BCUT2D eigenvalue weighted by Gasteiger charge is -2.62. The zero-order valence-corrected chi connectivity index (χ0v) is 36.5. The highest BCUT2D eigenvalue weighted by molar-refractivity contribution is 5.83. The molecule has 1 aliphatic heterocycles. The third-order valence-electron chi connectivity index (χ3n) is 16.3. The highest BCUT2D eigenvalue weighted by Crippen LogP contribution is 2.61. The Hall–Kier alpha value is -1.34. The number of aliphatic hydroxyl groups is 2. The predicted molar refractivity (Wildman–Crippen MR) is 220 cm³/mol. The monoisotopic (exact) mass is 788 g/mol. The van der Waals surface area contributed by atoms with Crippen molar-refractivity contribution in [2.45, 2.75) is 154 Å². The smallest absolute Gasteiger partial charge is 0.240 e. The van der Waals surface area contributed by atoms with Crippen LogP contribution in [0.15, 0.2) is 0 Å². The van der Waals surface area contributed by atoms with Gasteiger partial charge in [-0.15, -0.1) is 0 Å². The van der Waals surface area contributed by atoms with Gasteiger partial charge in [-0.1, -0.05) is 59.3 Å². The first-order valence-corrected chi connectivity index (χ1v) is 22.9. The number of hydrogen-bond donors (Lipinski definition) is 4. The maximum atomic E-state index is 14.5. The molecule has 11 nitrogen and oxygen atoms in total. The summed E-state index contributed by atoms with van der Waals surface area (Å²) in [6.07, 6.45) is 14.3. The Labute approximate surface area is 339 Å². The van der Waals surface area contributed by atoms with Crippen LogP contribution in [0, 0.1) is 58.7 Å². The van der Waals surface area contributed by atoms with Gasteiger partial charge in [-0.25, -0.2) is 0 Å². The minimum atomic E-state index is -0.828. The molecule has 322 valence electrons. The number of aliphatic hydroxyl groups excluding tert-OH is 2. The Morgan fingerprint density at radius 3 is 2.36 bits per heavy atom. The number of rotatable bonds is 16. The number of amides is 2. The second kappa shape index (κ2) is 19.4. The Morgan fingerprint density at radius 1 is 0.964 bits per heavy atom. The van der Waals surface area contributed by atoms with E-state index in [1.54, 1.807) is 6.92 Å². The first-order valence-electron chi connectivity index (χ1n) is 22.9. The van der Waals surface area contributed by atoms with E-state index in [1.165, 1.54) is 38.5 Å². The molecule has 7 aliphatic rings. The Morgan fingerprint density at radius 2 is 1.71 bits per heavy atom. The van der Waals surface area contributed by atoms with Crippen molar-refractivity contribution in [3.63, 3.8) is 0 Å². The average Bonchev–Trinajstić information content (AvgIpc) is 3.54. The summed E-state index contributed by atoms with van der Waals surface area (Å²) in [6, 6.07) is -0.280. The molecular weight excluding hydrogens is 707 g/mol. The van der Waals surface area contributed by atoms with Crippen molar-refractivity contribution in [3.8, 4) is 0 Å². The number of nitrogens with zero attached hydrogens (tertiary/aromatic N) is 3. The van der Waals surface area contributed by atoms with E-state index >= 15 is 0 Å². The summed E-state index contributed by atoms with van der Waals surface area (Å²) in [4.78, 5) is 39.3. The van der Waals surface area contributed by atoms with Gasteiger partial charge in [0, 0.05) is 49.5 Å². The van der Waals surface area contributed by atoms with E-state index in [-0.39, 0.29) is 48.3 Å². The second-order valence-corrected chi connectivity index (χ2v) is 20.6. The topological polar surface area (TPSA) is 127 Å². The first kappa shape index (κ1) is 44.2. The molecule has 6 saturated carbocycles. The van der Waals surface area contributed by atoms with Crippen LogP contribution >= 0.6 is 0 Å². The molecule has 0 radical (unpaired) electrons. The third kappa shape index (κ3) is 9.98. The maximum Gasteiger partial charge on any atom is 0.240 e. The van der Waals surface area contributed by atoms with Gasteiger partial charge in [-0.2, -0.15) is 5.06 Å². The van der Waals surface area contributed by atoms with Gasteiger partial charge in [0.15, 0.2) is 0 Å². The minimum absolute atomic E-state index is 0.0128. The molecule has 0 aromatic heterocycles. The fourth-order valence-electron chi connectivity index (χ4n) is 12.7. The third-order valence-corrected chi connectivity index (χ3v) is 16.3. The van der Waals surface area contributed by atoms with Gasteiger partial charge < -0.3 is 35.4 Å². The van der Waals surface area contributed by atoms with Crippen molar-refractivity contribution in [3.05, 3.63) is 0 Å². The second-order valence-electron chi connectivity index (χ2n) is 20.6. The molecule has 0 aromatic carbocycles. The highest BCUT2D eigenvalue weighted by atomic mass is 16.7. The molecule has 4 N–H and O–H groups in total. The number of carbonyl (C=O) groups is 2. The average molecular weight is 788 g/mol. The molecule has 1 heterocycles. The zero-order chi connectivity index (χ0) is 40.3. The first-order chi connectivity index (χ1) is 26.7. The standard InChI is InChI=1S/C45H81N5O6/c1-28-37-24-34(45(37,3)4)25-38(28)47-44(54)41-40(29(2)52)39(27-51)56-50(41)26-31-15-12-16-36(42(31)55-20-19-48(5)6)32-21-33(23-35(22-32)49(7)8)43(53)46-18-17-30-13-10-9-11-14-30/h28-42,51-52H,9-27H2,1-8H3,(H,46,53)(H,47,54)/t28-,29-,31?,32?,33?,34?,35?,36?,37-,38-,39-,40+,41-,42?/m0/s1. The molecule has 1 saturated heterocycles. The largest absolute Gasteiger partial charge is 0.394 e. The molecule has 7 fully saturated rings. The zero-order valence-electron chi connectivity index (χ0n) is 36.5. The van der Waals surface area contributed by atoms with E-state index in [9.17, 15) is 19.8 Å². The fourth-order valence-corrected chi connectivity index (χ4v) is 12.7.